The predicted molar refractivity (Wildman–Crippen MR) is 76.7 cm³/mol. The number of benzene rings is 1. The van der Waals surface area contributed by atoms with E-state index >= 15 is 0 Å². The molecule has 7 heteroatoms. The van der Waals surface area contributed by atoms with Crippen LogP contribution in [0.15, 0.2) is 17.0 Å². The highest BCUT2D eigenvalue weighted by Crippen LogP contribution is 2.23. The van der Waals surface area contributed by atoms with Crippen molar-refractivity contribution in [3.05, 3.63) is 23.3 Å². The number of sulfonamides is 1. The van der Waals surface area contributed by atoms with Gasteiger partial charge in [0.15, 0.2) is 0 Å². The lowest BCUT2D eigenvalue weighted by Crippen LogP contribution is -2.47. The summed E-state index contributed by atoms with van der Waals surface area (Å²) in [5.41, 5.74) is 7.87. The third-order valence-corrected chi connectivity index (χ3v) is 5.08. The molecular weight excluding hydrogens is 278 g/mol. The zero-order chi connectivity index (χ0) is 14.9. The van der Waals surface area contributed by atoms with Gasteiger partial charge in [-0.15, -0.1) is 0 Å². The van der Waals surface area contributed by atoms with Crippen molar-refractivity contribution in [2.75, 3.05) is 12.3 Å². The molecule has 2 rings (SSSR count). The quantitative estimate of drug-likeness (QED) is 0.705. The Bertz CT molecular complexity index is 631. The average Bonchev–Trinajstić information content (AvgIpc) is 2.36. The maximum absolute atomic E-state index is 12.4. The van der Waals surface area contributed by atoms with Gasteiger partial charge in [-0.2, -0.15) is 0 Å². The Morgan fingerprint density at radius 1 is 1.30 bits per heavy atom. The molecule has 1 unspecified atom stereocenters. The fourth-order valence-corrected chi connectivity index (χ4v) is 3.63. The largest absolute Gasteiger partial charge is 0.398 e. The SMILES string of the molecule is Cc1cc(N)c(S(=O)(=O)NC2CCC(=O)NC2)cc1C. The summed E-state index contributed by atoms with van der Waals surface area (Å²) in [6.45, 7) is 4.03. The summed E-state index contributed by atoms with van der Waals surface area (Å²) < 4.78 is 27.3. The van der Waals surface area contributed by atoms with Gasteiger partial charge in [0.25, 0.3) is 0 Å². The molecule has 0 aromatic heterocycles. The van der Waals surface area contributed by atoms with E-state index in [1.54, 1.807) is 12.1 Å². The van der Waals surface area contributed by atoms with Crippen LogP contribution in [-0.4, -0.2) is 26.9 Å². The first-order chi connectivity index (χ1) is 9.29. The van der Waals surface area contributed by atoms with E-state index in [1.807, 2.05) is 13.8 Å². The average molecular weight is 297 g/mol. The number of nitrogen functional groups attached to an aromatic ring is 1. The zero-order valence-corrected chi connectivity index (χ0v) is 12.4. The molecule has 1 atom stereocenters. The van der Waals surface area contributed by atoms with Gasteiger partial charge in [0.1, 0.15) is 4.90 Å². The Labute approximate surface area is 118 Å². The van der Waals surface area contributed by atoms with Gasteiger partial charge in [0.2, 0.25) is 15.9 Å². The fourth-order valence-electron chi connectivity index (χ4n) is 2.16. The minimum atomic E-state index is -3.67. The fraction of sp³-hybridized carbons (Fsp3) is 0.462. The first-order valence-corrected chi connectivity index (χ1v) is 7.93. The number of aryl methyl sites for hydroxylation is 2. The number of hydrogen-bond donors (Lipinski definition) is 3. The second-order valence-corrected chi connectivity index (χ2v) is 6.82. The summed E-state index contributed by atoms with van der Waals surface area (Å²) in [5.74, 6) is -0.0499. The summed E-state index contributed by atoms with van der Waals surface area (Å²) in [7, 11) is -3.67. The number of piperidine rings is 1. The van der Waals surface area contributed by atoms with Crippen molar-refractivity contribution < 1.29 is 13.2 Å². The standard InChI is InChI=1S/C13H19N3O3S/c1-8-5-11(14)12(6-9(8)2)20(18,19)16-10-3-4-13(17)15-7-10/h5-6,10,16H,3-4,7,14H2,1-2H3,(H,15,17). The van der Waals surface area contributed by atoms with Gasteiger partial charge in [-0.1, -0.05) is 0 Å². The molecule has 6 nitrogen and oxygen atoms in total. The van der Waals surface area contributed by atoms with E-state index in [0.717, 1.165) is 11.1 Å². The van der Waals surface area contributed by atoms with E-state index in [-0.39, 0.29) is 22.5 Å². The predicted octanol–water partition coefficient (Wildman–Crippen LogP) is 0.443. The molecule has 20 heavy (non-hydrogen) atoms. The van der Waals surface area contributed by atoms with Crippen molar-refractivity contribution in [2.24, 2.45) is 0 Å². The third kappa shape index (κ3) is 3.10. The van der Waals surface area contributed by atoms with Crippen LogP contribution < -0.4 is 15.8 Å². The van der Waals surface area contributed by atoms with Crippen molar-refractivity contribution >= 4 is 21.6 Å². The van der Waals surface area contributed by atoms with E-state index in [0.29, 0.717) is 19.4 Å². The minimum Gasteiger partial charge on any atom is -0.398 e. The van der Waals surface area contributed by atoms with Crippen LogP contribution in [0.2, 0.25) is 0 Å². The molecule has 1 fully saturated rings. The first-order valence-electron chi connectivity index (χ1n) is 6.45. The van der Waals surface area contributed by atoms with Crippen molar-refractivity contribution in [3.8, 4) is 0 Å². The molecule has 1 amide bonds. The summed E-state index contributed by atoms with van der Waals surface area (Å²) in [6, 6.07) is 2.94. The maximum Gasteiger partial charge on any atom is 0.242 e. The van der Waals surface area contributed by atoms with Crippen molar-refractivity contribution in [1.82, 2.24) is 10.0 Å². The Balaban J connectivity index is 2.22. The van der Waals surface area contributed by atoms with Crippen LogP contribution >= 0.6 is 0 Å². The molecule has 0 spiro atoms. The van der Waals surface area contributed by atoms with Crippen molar-refractivity contribution in [2.45, 2.75) is 37.6 Å². The number of nitrogens with one attached hydrogen (secondary N) is 2. The molecule has 1 aliphatic heterocycles. The number of hydrogen-bond acceptors (Lipinski definition) is 4. The molecule has 0 bridgehead atoms. The second-order valence-electron chi connectivity index (χ2n) is 5.14. The molecule has 110 valence electrons. The number of rotatable bonds is 3. The van der Waals surface area contributed by atoms with Crippen LogP contribution in [0.3, 0.4) is 0 Å². The Hall–Kier alpha value is -1.60. The zero-order valence-electron chi connectivity index (χ0n) is 11.6. The molecular formula is C13H19N3O3S. The van der Waals surface area contributed by atoms with Crippen LogP contribution in [0.5, 0.6) is 0 Å². The molecule has 1 saturated heterocycles. The second kappa shape index (κ2) is 5.41. The third-order valence-electron chi connectivity index (χ3n) is 3.50. The van der Waals surface area contributed by atoms with E-state index in [9.17, 15) is 13.2 Å². The highest BCUT2D eigenvalue weighted by molar-refractivity contribution is 7.89. The summed E-state index contributed by atoms with van der Waals surface area (Å²) >= 11 is 0. The molecule has 4 N–H and O–H groups in total. The van der Waals surface area contributed by atoms with Gasteiger partial charge >= 0.3 is 0 Å². The van der Waals surface area contributed by atoms with Crippen molar-refractivity contribution in [1.29, 1.82) is 0 Å². The molecule has 0 radical (unpaired) electrons. The van der Waals surface area contributed by atoms with Crippen LogP contribution in [0.25, 0.3) is 0 Å². The van der Waals surface area contributed by atoms with E-state index in [2.05, 4.69) is 10.0 Å². The maximum atomic E-state index is 12.4. The number of carbonyl (C=O) groups is 1. The molecule has 0 saturated carbocycles. The topological polar surface area (TPSA) is 101 Å². The van der Waals surface area contributed by atoms with Gasteiger partial charge < -0.3 is 11.1 Å². The van der Waals surface area contributed by atoms with Gasteiger partial charge in [0.05, 0.1) is 5.69 Å². The number of nitrogens with two attached hydrogens (primary N) is 1. The highest BCUT2D eigenvalue weighted by Gasteiger charge is 2.25. The Morgan fingerprint density at radius 2 is 1.95 bits per heavy atom. The van der Waals surface area contributed by atoms with Gasteiger partial charge in [-0.05, 0) is 43.5 Å². The monoisotopic (exact) mass is 297 g/mol. The summed E-state index contributed by atoms with van der Waals surface area (Å²) in [6.07, 6.45) is 0.825. The summed E-state index contributed by atoms with van der Waals surface area (Å²) in [5, 5.41) is 2.64. The van der Waals surface area contributed by atoms with E-state index in [4.69, 9.17) is 5.73 Å². The number of anilines is 1. The molecule has 1 aromatic carbocycles. The Morgan fingerprint density at radius 3 is 2.55 bits per heavy atom. The lowest BCUT2D eigenvalue weighted by Gasteiger charge is -2.23. The van der Waals surface area contributed by atoms with Crippen LogP contribution in [0.4, 0.5) is 5.69 Å². The van der Waals surface area contributed by atoms with Gasteiger partial charge in [0, 0.05) is 19.0 Å². The summed E-state index contributed by atoms with van der Waals surface area (Å²) in [4.78, 5) is 11.2. The van der Waals surface area contributed by atoms with E-state index in [1.165, 1.54) is 0 Å². The number of amides is 1. The van der Waals surface area contributed by atoms with Crippen LogP contribution in [-0.2, 0) is 14.8 Å². The lowest BCUT2D eigenvalue weighted by molar-refractivity contribution is -0.122. The van der Waals surface area contributed by atoms with Crippen LogP contribution in [0, 0.1) is 13.8 Å². The smallest absolute Gasteiger partial charge is 0.242 e. The lowest BCUT2D eigenvalue weighted by atomic mass is 10.1. The van der Waals surface area contributed by atoms with Gasteiger partial charge in [-0.3, -0.25) is 4.79 Å². The molecule has 1 aliphatic rings. The molecule has 1 aromatic rings. The van der Waals surface area contributed by atoms with E-state index < -0.39 is 10.0 Å². The molecule has 1 heterocycles. The first kappa shape index (κ1) is 14.8. The van der Waals surface area contributed by atoms with Crippen LogP contribution in [0.1, 0.15) is 24.0 Å². The molecule has 0 aliphatic carbocycles. The highest BCUT2D eigenvalue weighted by atomic mass is 32.2. The van der Waals surface area contributed by atoms with Gasteiger partial charge in [-0.25, -0.2) is 13.1 Å². The normalized spacial score (nSPS) is 19.7. The Kier molecular flexibility index (Phi) is 4.01. The van der Waals surface area contributed by atoms with Crippen molar-refractivity contribution in [3.63, 3.8) is 0 Å². The minimum absolute atomic E-state index is 0.0499. The number of carbonyl (C=O) groups excluding carboxylic acids is 1.